The molecule has 0 saturated carbocycles. The SMILES string of the molecule is CCCCc1nc2ccccc2c(=O)n1-c1ccccc1NC. The standard InChI is InChI=1S/C19H21N3O/c1-3-4-13-18-21-15-10-6-5-9-14(15)19(23)22(18)17-12-8-7-11-16(17)20-2/h5-12,20H,3-4,13H2,1-2H3. The Morgan fingerprint density at radius 3 is 2.61 bits per heavy atom. The van der Waals surface area contributed by atoms with Gasteiger partial charge in [-0.2, -0.15) is 0 Å². The van der Waals surface area contributed by atoms with Gasteiger partial charge in [0, 0.05) is 13.5 Å². The van der Waals surface area contributed by atoms with Crippen LogP contribution in [-0.4, -0.2) is 16.6 Å². The van der Waals surface area contributed by atoms with E-state index in [1.54, 1.807) is 4.57 Å². The van der Waals surface area contributed by atoms with Crippen molar-refractivity contribution < 1.29 is 0 Å². The molecule has 0 amide bonds. The number of aryl methyl sites for hydroxylation is 1. The lowest BCUT2D eigenvalue weighted by Gasteiger charge is -2.16. The van der Waals surface area contributed by atoms with Gasteiger partial charge in [0.1, 0.15) is 5.82 Å². The predicted molar refractivity (Wildman–Crippen MR) is 95.5 cm³/mol. The summed E-state index contributed by atoms with van der Waals surface area (Å²) >= 11 is 0. The Balaban J connectivity index is 2.32. The highest BCUT2D eigenvalue weighted by Gasteiger charge is 2.14. The number of para-hydroxylation sites is 3. The van der Waals surface area contributed by atoms with Gasteiger partial charge < -0.3 is 5.32 Å². The molecule has 0 saturated heterocycles. The molecule has 0 bridgehead atoms. The Bertz CT molecular complexity index is 883. The molecular formula is C19H21N3O. The third-order valence-corrected chi connectivity index (χ3v) is 4.01. The van der Waals surface area contributed by atoms with Crippen LogP contribution in [0.2, 0.25) is 0 Å². The fourth-order valence-electron chi connectivity index (χ4n) is 2.81. The maximum atomic E-state index is 13.1. The first-order chi connectivity index (χ1) is 11.3. The lowest BCUT2D eigenvalue weighted by molar-refractivity contribution is 0.721. The average molecular weight is 307 g/mol. The topological polar surface area (TPSA) is 46.9 Å². The number of aromatic nitrogens is 2. The van der Waals surface area contributed by atoms with E-state index in [0.29, 0.717) is 5.39 Å². The van der Waals surface area contributed by atoms with Crippen molar-refractivity contribution in [3.8, 4) is 5.69 Å². The molecule has 0 fully saturated rings. The van der Waals surface area contributed by atoms with E-state index in [-0.39, 0.29) is 5.56 Å². The van der Waals surface area contributed by atoms with E-state index in [0.717, 1.165) is 42.0 Å². The van der Waals surface area contributed by atoms with Gasteiger partial charge in [-0.15, -0.1) is 0 Å². The number of hydrogen-bond acceptors (Lipinski definition) is 3. The molecule has 0 unspecified atom stereocenters. The third-order valence-electron chi connectivity index (χ3n) is 4.01. The second kappa shape index (κ2) is 6.65. The Hall–Kier alpha value is -2.62. The second-order valence-electron chi connectivity index (χ2n) is 5.56. The number of nitrogens with one attached hydrogen (secondary N) is 1. The zero-order valence-corrected chi connectivity index (χ0v) is 13.5. The summed E-state index contributed by atoms with van der Waals surface area (Å²) in [6.07, 6.45) is 2.86. The molecule has 0 spiro atoms. The van der Waals surface area contributed by atoms with E-state index in [1.165, 1.54) is 0 Å². The lowest BCUT2D eigenvalue weighted by atomic mass is 10.2. The molecule has 23 heavy (non-hydrogen) atoms. The molecule has 0 aliphatic heterocycles. The van der Waals surface area contributed by atoms with Crippen molar-refractivity contribution in [3.63, 3.8) is 0 Å². The summed E-state index contributed by atoms with van der Waals surface area (Å²) in [5.41, 5.74) is 2.53. The van der Waals surface area contributed by atoms with Crippen LogP contribution >= 0.6 is 0 Å². The second-order valence-corrected chi connectivity index (χ2v) is 5.56. The third kappa shape index (κ3) is 2.84. The number of unbranched alkanes of at least 4 members (excludes halogenated alkanes) is 1. The number of anilines is 1. The molecule has 0 aliphatic rings. The van der Waals surface area contributed by atoms with Crippen molar-refractivity contribution >= 4 is 16.6 Å². The van der Waals surface area contributed by atoms with E-state index in [4.69, 9.17) is 4.98 Å². The smallest absolute Gasteiger partial charge is 0.266 e. The summed E-state index contributed by atoms with van der Waals surface area (Å²) in [6, 6.07) is 15.4. The van der Waals surface area contributed by atoms with Crippen LogP contribution in [0, 0.1) is 0 Å². The lowest BCUT2D eigenvalue weighted by Crippen LogP contribution is -2.24. The quantitative estimate of drug-likeness (QED) is 0.780. The van der Waals surface area contributed by atoms with Crippen molar-refractivity contribution in [2.24, 2.45) is 0 Å². The van der Waals surface area contributed by atoms with Gasteiger partial charge in [-0.1, -0.05) is 37.6 Å². The molecule has 4 heteroatoms. The molecule has 4 nitrogen and oxygen atoms in total. The van der Waals surface area contributed by atoms with Gasteiger partial charge in [-0.3, -0.25) is 9.36 Å². The Labute approximate surface area is 135 Å². The monoisotopic (exact) mass is 307 g/mol. The summed E-state index contributed by atoms with van der Waals surface area (Å²) in [7, 11) is 1.87. The Morgan fingerprint density at radius 1 is 1.09 bits per heavy atom. The number of fused-ring (bicyclic) bond motifs is 1. The first kappa shape index (κ1) is 15.3. The highest BCUT2D eigenvalue weighted by molar-refractivity contribution is 5.78. The number of hydrogen-bond donors (Lipinski definition) is 1. The highest BCUT2D eigenvalue weighted by Crippen LogP contribution is 2.21. The molecular weight excluding hydrogens is 286 g/mol. The van der Waals surface area contributed by atoms with Gasteiger partial charge in [-0.25, -0.2) is 4.98 Å². The van der Waals surface area contributed by atoms with Crippen LogP contribution in [0.1, 0.15) is 25.6 Å². The van der Waals surface area contributed by atoms with E-state index in [2.05, 4.69) is 12.2 Å². The summed E-state index contributed by atoms with van der Waals surface area (Å²) in [4.78, 5) is 17.8. The molecule has 1 heterocycles. The number of rotatable bonds is 5. The summed E-state index contributed by atoms with van der Waals surface area (Å²) in [5.74, 6) is 0.818. The van der Waals surface area contributed by atoms with Crippen LogP contribution < -0.4 is 10.9 Å². The first-order valence-electron chi connectivity index (χ1n) is 8.04. The zero-order chi connectivity index (χ0) is 16.2. The fourth-order valence-corrected chi connectivity index (χ4v) is 2.81. The van der Waals surface area contributed by atoms with E-state index in [9.17, 15) is 4.79 Å². The predicted octanol–water partition coefficient (Wildman–Crippen LogP) is 3.77. The van der Waals surface area contributed by atoms with Crippen molar-refractivity contribution in [3.05, 3.63) is 64.7 Å². The Morgan fingerprint density at radius 2 is 1.83 bits per heavy atom. The van der Waals surface area contributed by atoms with Crippen LogP contribution in [0.25, 0.3) is 16.6 Å². The van der Waals surface area contributed by atoms with Crippen LogP contribution in [0.3, 0.4) is 0 Å². The first-order valence-corrected chi connectivity index (χ1v) is 8.04. The molecule has 2 aromatic carbocycles. The zero-order valence-electron chi connectivity index (χ0n) is 13.5. The van der Waals surface area contributed by atoms with Gasteiger partial charge in [0.15, 0.2) is 0 Å². The van der Waals surface area contributed by atoms with Crippen LogP contribution in [0.4, 0.5) is 5.69 Å². The number of benzene rings is 2. The van der Waals surface area contributed by atoms with Crippen molar-refractivity contribution in [2.45, 2.75) is 26.2 Å². The maximum Gasteiger partial charge on any atom is 0.266 e. The van der Waals surface area contributed by atoms with Gasteiger partial charge >= 0.3 is 0 Å². The van der Waals surface area contributed by atoms with Crippen LogP contribution in [-0.2, 0) is 6.42 Å². The van der Waals surface area contributed by atoms with Gasteiger partial charge in [0.05, 0.1) is 22.3 Å². The number of nitrogens with zero attached hydrogens (tertiary/aromatic N) is 2. The molecule has 1 aromatic heterocycles. The molecule has 0 radical (unpaired) electrons. The van der Waals surface area contributed by atoms with Gasteiger partial charge in [0.25, 0.3) is 5.56 Å². The van der Waals surface area contributed by atoms with Crippen molar-refractivity contribution in [1.29, 1.82) is 0 Å². The van der Waals surface area contributed by atoms with Crippen molar-refractivity contribution in [2.75, 3.05) is 12.4 Å². The van der Waals surface area contributed by atoms with Crippen LogP contribution in [0.5, 0.6) is 0 Å². The molecule has 3 rings (SSSR count). The largest absolute Gasteiger partial charge is 0.386 e. The average Bonchev–Trinajstić information content (AvgIpc) is 2.60. The molecule has 0 atom stereocenters. The minimum Gasteiger partial charge on any atom is -0.386 e. The highest BCUT2D eigenvalue weighted by atomic mass is 16.1. The fraction of sp³-hybridized carbons (Fsp3) is 0.263. The molecule has 0 aliphatic carbocycles. The minimum absolute atomic E-state index is 0.00981. The van der Waals surface area contributed by atoms with E-state index in [1.807, 2.05) is 55.6 Å². The summed E-state index contributed by atoms with van der Waals surface area (Å²) in [5, 5.41) is 3.82. The van der Waals surface area contributed by atoms with Crippen molar-refractivity contribution in [1.82, 2.24) is 9.55 Å². The maximum absolute atomic E-state index is 13.1. The summed E-state index contributed by atoms with van der Waals surface area (Å²) in [6.45, 7) is 2.14. The van der Waals surface area contributed by atoms with E-state index >= 15 is 0 Å². The van der Waals surface area contributed by atoms with E-state index < -0.39 is 0 Å². The van der Waals surface area contributed by atoms with Crippen LogP contribution in [0.15, 0.2) is 53.3 Å². The molecule has 118 valence electrons. The van der Waals surface area contributed by atoms with Gasteiger partial charge in [0.2, 0.25) is 0 Å². The minimum atomic E-state index is -0.00981. The Kier molecular flexibility index (Phi) is 4.42. The molecule has 1 N–H and O–H groups in total. The molecule has 3 aromatic rings. The summed E-state index contributed by atoms with van der Waals surface area (Å²) < 4.78 is 1.75. The normalized spacial score (nSPS) is 10.9. The van der Waals surface area contributed by atoms with Gasteiger partial charge in [-0.05, 0) is 30.7 Å².